The van der Waals surface area contributed by atoms with Crippen molar-refractivity contribution in [1.29, 1.82) is 0 Å². The van der Waals surface area contributed by atoms with Crippen LogP contribution < -0.4 is 4.74 Å². The smallest absolute Gasteiger partial charge is 0.339 e. The van der Waals surface area contributed by atoms with Crippen LogP contribution in [0.15, 0.2) is 54.7 Å². The van der Waals surface area contributed by atoms with Crippen molar-refractivity contribution in [3.05, 3.63) is 70.9 Å². The SMILES string of the molecule is CCOC(=O)c1cnc2cc(OCCc3cccc(Cl)c3)ccc2c1. The lowest BCUT2D eigenvalue weighted by Crippen LogP contribution is -2.05. The van der Waals surface area contributed by atoms with E-state index in [4.69, 9.17) is 21.1 Å². The number of carbonyl (C=O) groups is 1. The predicted molar refractivity (Wildman–Crippen MR) is 98.4 cm³/mol. The van der Waals surface area contributed by atoms with Crippen LogP contribution in [0.3, 0.4) is 0 Å². The number of esters is 1. The Labute approximate surface area is 151 Å². The van der Waals surface area contributed by atoms with Crippen molar-refractivity contribution >= 4 is 28.5 Å². The molecule has 4 nitrogen and oxygen atoms in total. The molecule has 0 radical (unpaired) electrons. The van der Waals surface area contributed by atoms with E-state index in [1.54, 1.807) is 13.0 Å². The summed E-state index contributed by atoms with van der Waals surface area (Å²) in [4.78, 5) is 16.1. The summed E-state index contributed by atoms with van der Waals surface area (Å²) in [6.45, 7) is 2.67. The van der Waals surface area contributed by atoms with Gasteiger partial charge in [-0.2, -0.15) is 0 Å². The minimum Gasteiger partial charge on any atom is -0.493 e. The minimum atomic E-state index is -0.362. The maximum atomic E-state index is 11.8. The molecule has 0 saturated heterocycles. The highest BCUT2D eigenvalue weighted by Crippen LogP contribution is 2.21. The molecular formula is C20H18ClNO3. The minimum absolute atomic E-state index is 0.344. The summed E-state index contributed by atoms with van der Waals surface area (Å²) in [7, 11) is 0. The number of aromatic nitrogens is 1. The molecule has 5 heteroatoms. The largest absolute Gasteiger partial charge is 0.493 e. The van der Waals surface area contributed by atoms with Crippen LogP contribution in [-0.2, 0) is 11.2 Å². The number of halogens is 1. The summed E-state index contributed by atoms with van der Waals surface area (Å²) in [6, 6.07) is 15.1. The van der Waals surface area contributed by atoms with E-state index >= 15 is 0 Å². The second kappa shape index (κ2) is 7.99. The maximum absolute atomic E-state index is 11.8. The molecule has 0 aliphatic carbocycles. The first-order chi connectivity index (χ1) is 12.2. The lowest BCUT2D eigenvalue weighted by atomic mass is 10.1. The molecule has 2 aromatic carbocycles. The monoisotopic (exact) mass is 355 g/mol. The van der Waals surface area contributed by atoms with Crippen LogP contribution >= 0.6 is 11.6 Å². The van der Waals surface area contributed by atoms with Crippen LogP contribution in [0.4, 0.5) is 0 Å². The molecule has 0 fully saturated rings. The lowest BCUT2D eigenvalue weighted by Gasteiger charge is -2.08. The van der Waals surface area contributed by atoms with Gasteiger partial charge in [-0.25, -0.2) is 4.79 Å². The molecule has 0 amide bonds. The fourth-order valence-corrected chi connectivity index (χ4v) is 2.71. The van der Waals surface area contributed by atoms with Gasteiger partial charge in [0, 0.05) is 29.1 Å². The Hall–Kier alpha value is -2.59. The highest BCUT2D eigenvalue weighted by molar-refractivity contribution is 6.30. The normalized spacial score (nSPS) is 10.6. The van der Waals surface area contributed by atoms with E-state index in [1.807, 2.05) is 42.5 Å². The molecular weight excluding hydrogens is 338 g/mol. The standard InChI is InChI=1S/C20H18ClNO3/c1-2-24-20(23)16-11-15-6-7-18(12-19(15)22-13-16)25-9-8-14-4-3-5-17(21)10-14/h3-7,10-13H,2,8-9H2,1H3. The summed E-state index contributed by atoms with van der Waals surface area (Å²) in [6.07, 6.45) is 2.30. The van der Waals surface area contributed by atoms with Crippen LogP contribution in [0.25, 0.3) is 10.9 Å². The van der Waals surface area contributed by atoms with Gasteiger partial charge in [0.1, 0.15) is 5.75 Å². The van der Waals surface area contributed by atoms with Crippen LogP contribution in [0.2, 0.25) is 5.02 Å². The van der Waals surface area contributed by atoms with E-state index in [0.717, 1.165) is 33.7 Å². The summed E-state index contributed by atoms with van der Waals surface area (Å²) >= 11 is 5.98. The Bertz CT molecular complexity index is 895. The number of hydrogen-bond donors (Lipinski definition) is 0. The van der Waals surface area contributed by atoms with Crippen molar-refractivity contribution in [3.8, 4) is 5.75 Å². The number of ether oxygens (including phenoxy) is 2. The van der Waals surface area contributed by atoms with Crippen molar-refractivity contribution in [1.82, 2.24) is 4.98 Å². The average Bonchev–Trinajstić information content (AvgIpc) is 2.61. The molecule has 25 heavy (non-hydrogen) atoms. The summed E-state index contributed by atoms with van der Waals surface area (Å²) in [5.41, 5.74) is 2.35. The van der Waals surface area contributed by atoms with Gasteiger partial charge in [0.2, 0.25) is 0 Å². The van der Waals surface area contributed by atoms with Gasteiger partial charge in [-0.1, -0.05) is 23.7 Å². The number of hydrogen-bond acceptors (Lipinski definition) is 4. The maximum Gasteiger partial charge on any atom is 0.339 e. The molecule has 0 aliphatic heterocycles. The molecule has 0 atom stereocenters. The fourth-order valence-electron chi connectivity index (χ4n) is 2.50. The third-order valence-corrected chi connectivity index (χ3v) is 3.95. The Kier molecular flexibility index (Phi) is 5.51. The Morgan fingerprint density at radius 2 is 2.04 bits per heavy atom. The molecule has 3 aromatic rings. The molecule has 0 aliphatic rings. The van der Waals surface area contributed by atoms with Crippen LogP contribution in [0.1, 0.15) is 22.8 Å². The molecule has 0 spiro atoms. The molecule has 128 valence electrons. The van der Waals surface area contributed by atoms with Gasteiger partial charge in [0.05, 0.1) is 24.3 Å². The van der Waals surface area contributed by atoms with Crippen LogP contribution in [0.5, 0.6) is 5.75 Å². The topological polar surface area (TPSA) is 48.4 Å². The number of pyridine rings is 1. The van der Waals surface area contributed by atoms with Gasteiger partial charge in [-0.05, 0) is 42.8 Å². The van der Waals surface area contributed by atoms with E-state index in [9.17, 15) is 4.79 Å². The van der Waals surface area contributed by atoms with E-state index in [-0.39, 0.29) is 5.97 Å². The van der Waals surface area contributed by atoms with E-state index < -0.39 is 0 Å². The van der Waals surface area contributed by atoms with E-state index in [1.165, 1.54) is 6.20 Å². The highest BCUT2D eigenvalue weighted by Gasteiger charge is 2.08. The molecule has 0 saturated carbocycles. The Balaban J connectivity index is 1.67. The average molecular weight is 356 g/mol. The number of fused-ring (bicyclic) bond motifs is 1. The summed E-state index contributed by atoms with van der Waals surface area (Å²) < 4.78 is 10.8. The Morgan fingerprint density at radius 3 is 2.84 bits per heavy atom. The van der Waals surface area contributed by atoms with Crippen molar-refractivity contribution in [2.24, 2.45) is 0 Å². The number of rotatable bonds is 6. The van der Waals surface area contributed by atoms with Crippen molar-refractivity contribution in [2.45, 2.75) is 13.3 Å². The number of nitrogens with zero attached hydrogens (tertiary/aromatic N) is 1. The van der Waals surface area contributed by atoms with Gasteiger partial charge in [-0.15, -0.1) is 0 Å². The number of benzene rings is 2. The van der Waals surface area contributed by atoms with Gasteiger partial charge < -0.3 is 9.47 Å². The zero-order chi connectivity index (χ0) is 17.6. The first kappa shape index (κ1) is 17.2. The molecule has 3 rings (SSSR count). The molecule has 0 bridgehead atoms. The van der Waals surface area contributed by atoms with Gasteiger partial charge in [-0.3, -0.25) is 4.98 Å². The number of carbonyl (C=O) groups excluding carboxylic acids is 1. The van der Waals surface area contributed by atoms with Crippen molar-refractivity contribution < 1.29 is 14.3 Å². The van der Waals surface area contributed by atoms with Gasteiger partial charge >= 0.3 is 5.97 Å². The molecule has 0 unspecified atom stereocenters. The van der Waals surface area contributed by atoms with Crippen LogP contribution in [0, 0.1) is 0 Å². The van der Waals surface area contributed by atoms with Crippen LogP contribution in [-0.4, -0.2) is 24.2 Å². The first-order valence-electron chi connectivity index (χ1n) is 8.10. The predicted octanol–water partition coefficient (Wildman–Crippen LogP) is 4.69. The zero-order valence-corrected chi connectivity index (χ0v) is 14.6. The molecule has 1 aromatic heterocycles. The first-order valence-corrected chi connectivity index (χ1v) is 8.47. The van der Waals surface area contributed by atoms with E-state index in [0.29, 0.717) is 18.8 Å². The molecule has 0 N–H and O–H groups in total. The third kappa shape index (κ3) is 4.48. The van der Waals surface area contributed by atoms with Gasteiger partial charge in [0.15, 0.2) is 0 Å². The summed E-state index contributed by atoms with van der Waals surface area (Å²) in [5, 5.41) is 1.59. The fraction of sp³-hybridized carbons (Fsp3) is 0.200. The van der Waals surface area contributed by atoms with E-state index in [2.05, 4.69) is 4.98 Å². The lowest BCUT2D eigenvalue weighted by molar-refractivity contribution is 0.0526. The summed E-state index contributed by atoms with van der Waals surface area (Å²) in [5.74, 6) is 0.379. The zero-order valence-electron chi connectivity index (χ0n) is 13.9. The molecule has 1 heterocycles. The van der Waals surface area contributed by atoms with Gasteiger partial charge in [0.25, 0.3) is 0 Å². The second-order valence-corrected chi connectivity index (χ2v) is 5.96. The quantitative estimate of drug-likeness (QED) is 0.602. The van der Waals surface area contributed by atoms with Crippen molar-refractivity contribution in [3.63, 3.8) is 0 Å². The highest BCUT2D eigenvalue weighted by atomic mass is 35.5. The third-order valence-electron chi connectivity index (χ3n) is 3.72. The second-order valence-electron chi connectivity index (χ2n) is 5.53. The Morgan fingerprint density at radius 1 is 1.16 bits per heavy atom. The van der Waals surface area contributed by atoms with Crippen molar-refractivity contribution in [2.75, 3.05) is 13.2 Å².